The summed E-state index contributed by atoms with van der Waals surface area (Å²) < 4.78 is 23.4. The van der Waals surface area contributed by atoms with Crippen LogP contribution in [-0.2, 0) is 4.79 Å². The summed E-state index contributed by atoms with van der Waals surface area (Å²) in [5.74, 6) is -0.0896. The van der Waals surface area contributed by atoms with Gasteiger partial charge in [0, 0.05) is 12.1 Å². The van der Waals surface area contributed by atoms with Gasteiger partial charge in [0.25, 0.3) is 11.8 Å². The minimum Gasteiger partial charge on any atom is -0.494 e. The van der Waals surface area contributed by atoms with Gasteiger partial charge in [-0.1, -0.05) is 6.07 Å². The maximum Gasteiger partial charge on any atom is 0.255 e. The van der Waals surface area contributed by atoms with Crippen molar-refractivity contribution in [2.75, 3.05) is 19.8 Å². The van der Waals surface area contributed by atoms with E-state index in [-0.39, 0.29) is 18.3 Å². The lowest BCUT2D eigenvalue weighted by Crippen LogP contribution is -2.25. The van der Waals surface area contributed by atoms with Crippen molar-refractivity contribution in [1.29, 1.82) is 0 Å². The summed E-state index contributed by atoms with van der Waals surface area (Å²) in [6.45, 7) is 0.745. The van der Waals surface area contributed by atoms with Gasteiger partial charge >= 0.3 is 0 Å². The second kappa shape index (κ2) is 10.0. The molecule has 7 heteroatoms. The molecule has 26 heavy (non-hydrogen) atoms. The third-order valence-electron chi connectivity index (χ3n) is 3.42. The van der Waals surface area contributed by atoms with Gasteiger partial charge in [0.2, 0.25) is 0 Å². The number of primary amides is 1. The predicted octanol–water partition coefficient (Wildman–Crippen LogP) is 2.28. The standard InChI is InChI=1S/C19H21FN2O4/c20-15-6-8-16(9-7-15)25-11-2-1-10-22-19(24)14-4-3-5-17(12-14)26-13-18(21)23/h3-9,12H,1-2,10-11,13H2,(H2,21,23)(H,22,24). The zero-order valence-corrected chi connectivity index (χ0v) is 14.2. The fourth-order valence-corrected chi connectivity index (χ4v) is 2.13. The number of nitrogens with one attached hydrogen (secondary N) is 1. The van der Waals surface area contributed by atoms with E-state index in [2.05, 4.69) is 5.32 Å². The molecular formula is C19H21FN2O4. The molecule has 3 N–H and O–H groups in total. The molecule has 6 nitrogen and oxygen atoms in total. The van der Waals surface area contributed by atoms with Crippen LogP contribution in [-0.4, -0.2) is 31.6 Å². The first-order valence-electron chi connectivity index (χ1n) is 8.22. The average molecular weight is 360 g/mol. The minimum atomic E-state index is -0.581. The molecule has 0 radical (unpaired) electrons. The van der Waals surface area contributed by atoms with Gasteiger partial charge in [-0.2, -0.15) is 0 Å². The van der Waals surface area contributed by atoms with Crippen LogP contribution in [0.3, 0.4) is 0 Å². The molecule has 2 aromatic rings. The van der Waals surface area contributed by atoms with E-state index in [0.717, 1.165) is 12.8 Å². The molecule has 0 aliphatic carbocycles. The van der Waals surface area contributed by atoms with Crippen molar-refractivity contribution in [3.8, 4) is 11.5 Å². The molecule has 0 fully saturated rings. The molecule has 0 aromatic heterocycles. The highest BCUT2D eigenvalue weighted by Crippen LogP contribution is 2.13. The van der Waals surface area contributed by atoms with Crippen LogP contribution in [0.4, 0.5) is 4.39 Å². The first-order chi connectivity index (χ1) is 12.5. The number of amides is 2. The molecule has 2 rings (SSSR count). The monoisotopic (exact) mass is 360 g/mol. The highest BCUT2D eigenvalue weighted by molar-refractivity contribution is 5.94. The molecule has 0 bridgehead atoms. The van der Waals surface area contributed by atoms with Crippen molar-refractivity contribution in [1.82, 2.24) is 5.32 Å². The van der Waals surface area contributed by atoms with Gasteiger partial charge in [-0.3, -0.25) is 9.59 Å². The molecule has 2 aromatic carbocycles. The summed E-state index contributed by atoms with van der Waals surface area (Å²) in [6, 6.07) is 12.4. The lowest BCUT2D eigenvalue weighted by Gasteiger charge is -2.08. The van der Waals surface area contributed by atoms with E-state index >= 15 is 0 Å². The minimum absolute atomic E-state index is 0.228. The average Bonchev–Trinajstić information content (AvgIpc) is 2.64. The summed E-state index contributed by atoms with van der Waals surface area (Å²) in [5.41, 5.74) is 5.46. The van der Waals surface area contributed by atoms with E-state index < -0.39 is 5.91 Å². The van der Waals surface area contributed by atoms with Gasteiger partial charge in [0.05, 0.1) is 6.61 Å². The Morgan fingerprint density at radius 3 is 2.50 bits per heavy atom. The summed E-state index contributed by atoms with van der Waals surface area (Å²) >= 11 is 0. The molecule has 0 heterocycles. The number of rotatable bonds is 10. The number of carbonyl (C=O) groups is 2. The zero-order valence-electron chi connectivity index (χ0n) is 14.2. The lowest BCUT2D eigenvalue weighted by molar-refractivity contribution is -0.119. The Kier molecular flexibility index (Phi) is 7.42. The van der Waals surface area contributed by atoms with Crippen molar-refractivity contribution in [3.63, 3.8) is 0 Å². The third kappa shape index (κ3) is 6.80. The number of hydrogen-bond donors (Lipinski definition) is 2. The van der Waals surface area contributed by atoms with E-state index in [4.69, 9.17) is 15.2 Å². The molecule has 0 unspecified atom stereocenters. The molecule has 2 amide bonds. The van der Waals surface area contributed by atoms with Gasteiger partial charge in [-0.05, 0) is 55.3 Å². The fourth-order valence-electron chi connectivity index (χ4n) is 2.13. The quantitative estimate of drug-likeness (QED) is 0.636. The maximum atomic E-state index is 12.8. The molecule has 0 aliphatic heterocycles. The van der Waals surface area contributed by atoms with Crippen LogP contribution in [0, 0.1) is 5.82 Å². The largest absolute Gasteiger partial charge is 0.494 e. The Hall–Kier alpha value is -3.09. The van der Waals surface area contributed by atoms with Gasteiger partial charge in [-0.15, -0.1) is 0 Å². The van der Waals surface area contributed by atoms with Crippen molar-refractivity contribution in [2.45, 2.75) is 12.8 Å². The second-order valence-corrected chi connectivity index (χ2v) is 5.55. The van der Waals surface area contributed by atoms with Crippen LogP contribution in [0.5, 0.6) is 11.5 Å². The van der Waals surface area contributed by atoms with Crippen LogP contribution in [0.15, 0.2) is 48.5 Å². The van der Waals surface area contributed by atoms with Gasteiger partial charge < -0.3 is 20.5 Å². The first-order valence-corrected chi connectivity index (χ1v) is 8.22. The molecule has 0 saturated carbocycles. The molecule has 138 valence electrons. The second-order valence-electron chi connectivity index (χ2n) is 5.55. The Morgan fingerprint density at radius 2 is 1.77 bits per heavy atom. The van der Waals surface area contributed by atoms with Crippen LogP contribution in [0.2, 0.25) is 0 Å². The lowest BCUT2D eigenvalue weighted by atomic mass is 10.2. The number of benzene rings is 2. The summed E-state index contributed by atoms with van der Waals surface area (Å²) in [6.07, 6.45) is 1.49. The Bertz CT molecular complexity index is 735. The smallest absolute Gasteiger partial charge is 0.255 e. The topological polar surface area (TPSA) is 90.7 Å². The van der Waals surface area contributed by atoms with Gasteiger partial charge in [0.1, 0.15) is 17.3 Å². The maximum absolute atomic E-state index is 12.8. The summed E-state index contributed by atoms with van der Waals surface area (Å²) in [4.78, 5) is 22.8. The summed E-state index contributed by atoms with van der Waals surface area (Å²) in [5, 5.41) is 2.81. The number of carbonyl (C=O) groups excluding carboxylic acids is 2. The fraction of sp³-hybridized carbons (Fsp3) is 0.263. The van der Waals surface area contributed by atoms with Crippen LogP contribution in [0.1, 0.15) is 23.2 Å². The number of ether oxygens (including phenoxy) is 2. The number of unbranched alkanes of at least 4 members (excludes halogenated alkanes) is 1. The predicted molar refractivity (Wildman–Crippen MR) is 94.6 cm³/mol. The third-order valence-corrected chi connectivity index (χ3v) is 3.42. The Labute approximate surface area is 151 Å². The molecule has 0 saturated heterocycles. The Morgan fingerprint density at radius 1 is 1.00 bits per heavy atom. The van der Waals surface area contributed by atoms with E-state index in [1.54, 1.807) is 36.4 Å². The molecule has 0 atom stereocenters. The first kappa shape index (κ1) is 19.2. The SMILES string of the molecule is NC(=O)COc1cccc(C(=O)NCCCCOc2ccc(F)cc2)c1. The van der Waals surface area contributed by atoms with Crippen molar-refractivity contribution < 1.29 is 23.5 Å². The van der Waals surface area contributed by atoms with Crippen LogP contribution >= 0.6 is 0 Å². The zero-order chi connectivity index (χ0) is 18.8. The van der Waals surface area contributed by atoms with E-state index in [1.165, 1.54) is 12.1 Å². The Balaban J connectivity index is 1.66. The van der Waals surface area contributed by atoms with Gasteiger partial charge in [-0.25, -0.2) is 4.39 Å². The van der Waals surface area contributed by atoms with Crippen LogP contribution < -0.4 is 20.5 Å². The number of halogens is 1. The number of hydrogen-bond acceptors (Lipinski definition) is 4. The van der Waals surface area contributed by atoms with Crippen molar-refractivity contribution >= 4 is 11.8 Å². The highest BCUT2D eigenvalue weighted by Gasteiger charge is 2.07. The van der Waals surface area contributed by atoms with Gasteiger partial charge in [0.15, 0.2) is 6.61 Å². The van der Waals surface area contributed by atoms with Crippen molar-refractivity contribution in [2.24, 2.45) is 5.73 Å². The normalized spacial score (nSPS) is 10.2. The van der Waals surface area contributed by atoms with E-state index in [9.17, 15) is 14.0 Å². The summed E-state index contributed by atoms with van der Waals surface area (Å²) in [7, 11) is 0. The number of nitrogens with two attached hydrogens (primary N) is 1. The van der Waals surface area contributed by atoms with Crippen molar-refractivity contribution in [3.05, 3.63) is 59.9 Å². The van der Waals surface area contributed by atoms with E-state index in [0.29, 0.717) is 30.2 Å². The molecule has 0 aliphatic rings. The molecule has 0 spiro atoms. The highest BCUT2D eigenvalue weighted by atomic mass is 19.1. The molecular weight excluding hydrogens is 339 g/mol. The van der Waals surface area contributed by atoms with E-state index in [1.807, 2.05) is 0 Å². The van der Waals surface area contributed by atoms with Crippen LogP contribution in [0.25, 0.3) is 0 Å².